The van der Waals surface area contributed by atoms with Gasteiger partial charge in [-0.1, -0.05) is 69.7 Å². The number of rotatable bonds is 10. The number of benzene rings is 2. The normalized spacial score (nSPS) is 10.8. The number of aliphatic hydroxyl groups excluding tert-OH is 1. The van der Waals surface area contributed by atoms with Crippen LogP contribution >= 0.6 is 0 Å². The maximum absolute atomic E-state index is 11.2. The van der Waals surface area contributed by atoms with E-state index in [0.29, 0.717) is 6.42 Å². The summed E-state index contributed by atoms with van der Waals surface area (Å²) in [6.07, 6.45) is 12.3. The molecular formula is C28H34IrNO2-. The quantitative estimate of drug-likeness (QED) is 0.110. The van der Waals surface area contributed by atoms with E-state index >= 15 is 0 Å². The molecule has 0 unspecified atom stereocenters. The molecular weight excluding hydrogens is 575 g/mol. The van der Waals surface area contributed by atoms with Crippen LogP contribution in [0.15, 0.2) is 72.6 Å². The molecule has 0 saturated carbocycles. The van der Waals surface area contributed by atoms with Crippen molar-refractivity contribution in [2.24, 2.45) is 0 Å². The van der Waals surface area contributed by atoms with Crippen LogP contribution in [-0.4, -0.2) is 15.9 Å². The van der Waals surface area contributed by atoms with Crippen molar-refractivity contribution in [1.29, 1.82) is 0 Å². The third kappa shape index (κ3) is 10.3. The number of aliphatic hydroxyl groups is 1. The molecule has 173 valence electrons. The molecule has 1 heterocycles. The monoisotopic (exact) mass is 609 g/mol. The molecule has 0 saturated heterocycles. The zero-order valence-electron chi connectivity index (χ0n) is 19.1. The molecule has 0 aliphatic heterocycles. The Labute approximate surface area is 206 Å². The Balaban J connectivity index is 0.000000312. The molecule has 2 aromatic carbocycles. The number of hydrogen-bond donors (Lipinski definition) is 1. The first-order valence-corrected chi connectivity index (χ1v) is 11.3. The Morgan fingerprint density at radius 1 is 0.969 bits per heavy atom. The fourth-order valence-corrected chi connectivity index (χ4v) is 3.44. The largest absolute Gasteiger partial charge is 0.512 e. The summed E-state index contributed by atoms with van der Waals surface area (Å²) < 4.78 is 0. The van der Waals surface area contributed by atoms with Crippen molar-refractivity contribution < 1.29 is 30.0 Å². The molecule has 4 heteroatoms. The fraction of sp³-hybridized carbons (Fsp3) is 0.357. The summed E-state index contributed by atoms with van der Waals surface area (Å²) >= 11 is 0. The molecule has 3 nitrogen and oxygen atoms in total. The number of nitrogens with zero attached hydrogens (tertiary/aromatic N) is 1. The van der Waals surface area contributed by atoms with Gasteiger partial charge < -0.3 is 10.1 Å². The molecule has 0 amide bonds. The van der Waals surface area contributed by atoms with Crippen LogP contribution in [0.25, 0.3) is 22.0 Å². The van der Waals surface area contributed by atoms with Gasteiger partial charge in [0.1, 0.15) is 0 Å². The number of carbonyl (C=O) groups excluding carboxylic acids is 1. The Kier molecular flexibility index (Phi) is 14.2. The van der Waals surface area contributed by atoms with Gasteiger partial charge >= 0.3 is 0 Å². The van der Waals surface area contributed by atoms with Crippen molar-refractivity contribution in [3.8, 4) is 11.3 Å². The van der Waals surface area contributed by atoms with E-state index in [-0.39, 0.29) is 31.6 Å². The number of hydrogen-bond acceptors (Lipinski definition) is 3. The van der Waals surface area contributed by atoms with Crippen LogP contribution in [0.3, 0.4) is 0 Å². The third-order valence-electron chi connectivity index (χ3n) is 5.03. The minimum absolute atomic E-state index is 0. The van der Waals surface area contributed by atoms with E-state index in [2.05, 4.69) is 30.1 Å². The topological polar surface area (TPSA) is 50.2 Å². The summed E-state index contributed by atoms with van der Waals surface area (Å²) in [5.41, 5.74) is 2.04. The SMILES string of the molecule is CCCCCCCCCC(=O)C=C(C)O.[Ir].[c-]1ccccc1-c1nccc2ccccc12. The van der Waals surface area contributed by atoms with Gasteiger partial charge in [-0.05, 0) is 35.9 Å². The van der Waals surface area contributed by atoms with Crippen LogP contribution in [-0.2, 0) is 24.9 Å². The van der Waals surface area contributed by atoms with E-state index in [1.807, 2.05) is 48.7 Å². The molecule has 0 bridgehead atoms. The van der Waals surface area contributed by atoms with Gasteiger partial charge in [-0.25, -0.2) is 0 Å². The average molecular weight is 609 g/mol. The zero-order chi connectivity index (χ0) is 22.3. The molecule has 0 fully saturated rings. The van der Waals surface area contributed by atoms with Crippen LogP contribution in [0.1, 0.15) is 65.2 Å². The van der Waals surface area contributed by atoms with Crippen LogP contribution in [0.4, 0.5) is 0 Å². The van der Waals surface area contributed by atoms with Gasteiger partial charge in [-0.3, -0.25) is 4.79 Å². The van der Waals surface area contributed by atoms with Gasteiger partial charge in [-0.15, -0.1) is 35.9 Å². The second-order valence-corrected chi connectivity index (χ2v) is 7.78. The molecule has 1 N–H and O–H groups in total. The smallest absolute Gasteiger partial charge is 0.159 e. The maximum Gasteiger partial charge on any atom is 0.159 e. The molecule has 3 rings (SSSR count). The molecule has 1 aromatic heterocycles. The van der Waals surface area contributed by atoms with E-state index in [1.54, 1.807) is 0 Å². The van der Waals surface area contributed by atoms with Crippen LogP contribution in [0.2, 0.25) is 0 Å². The predicted molar refractivity (Wildman–Crippen MR) is 130 cm³/mol. The maximum atomic E-state index is 11.2. The van der Waals surface area contributed by atoms with Crippen LogP contribution in [0, 0.1) is 6.07 Å². The van der Waals surface area contributed by atoms with Gasteiger partial charge in [0.2, 0.25) is 0 Å². The van der Waals surface area contributed by atoms with Gasteiger partial charge in [0.25, 0.3) is 0 Å². The van der Waals surface area contributed by atoms with E-state index in [4.69, 9.17) is 5.11 Å². The van der Waals surface area contributed by atoms with Crippen LogP contribution in [0.5, 0.6) is 0 Å². The molecule has 3 aromatic rings. The molecule has 0 spiro atoms. The first-order chi connectivity index (χ1) is 15.1. The predicted octanol–water partition coefficient (Wildman–Crippen LogP) is 7.86. The second kappa shape index (κ2) is 16.4. The molecule has 0 aliphatic rings. The van der Waals surface area contributed by atoms with E-state index in [1.165, 1.54) is 55.9 Å². The van der Waals surface area contributed by atoms with Gasteiger partial charge in [0.05, 0.1) is 5.76 Å². The van der Waals surface area contributed by atoms with Crippen molar-refractivity contribution in [2.75, 3.05) is 0 Å². The standard InChI is InChI=1S/C15H10N.C13H24O2.Ir/c1-2-7-13(8-3-1)15-14-9-5-4-6-12(14)10-11-16-15;1-3-4-5-6-7-8-9-10-13(15)11-12(2)14;/h1-7,9-11H;11,14H,3-10H2,1-2H3;/q-1;;. The Bertz CT molecular complexity index is 945. The van der Waals surface area contributed by atoms with E-state index in [0.717, 1.165) is 24.1 Å². The number of fused-ring (bicyclic) bond motifs is 1. The average Bonchev–Trinajstić information content (AvgIpc) is 2.79. The van der Waals surface area contributed by atoms with Gasteiger partial charge in [0.15, 0.2) is 5.78 Å². The summed E-state index contributed by atoms with van der Waals surface area (Å²) in [7, 11) is 0. The molecule has 0 atom stereocenters. The van der Waals surface area contributed by atoms with Crippen LogP contribution < -0.4 is 0 Å². The van der Waals surface area contributed by atoms with Crippen molar-refractivity contribution in [3.63, 3.8) is 0 Å². The van der Waals surface area contributed by atoms with Gasteiger partial charge in [-0.2, -0.15) is 0 Å². The minimum atomic E-state index is 0. The van der Waals surface area contributed by atoms with Gasteiger partial charge in [0, 0.05) is 38.8 Å². The summed E-state index contributed by atoms with van der Waals surface area (Å²) in [4.78, 5) is 15.6. The van der Waals surface area contributed by atoms with Crippen molar-refractivity contribution in [1.82, 2.24) is 4.98 Å². The number of unbranched alkanes of at least 4 members (excludes halogenated alkanes) is 6. The zero-order valence-corrected chi connectivity index (χ0v) is 21.5. The first-order valence-electron chi connectivity index (χ1n) is 11.3. The Morgan fingerprint density at radius 2 is 1.66 bits per heavy atom. The number of aromatic nitrogens is 1. The number of ketones is 1. The third-order valence-corrected chi connectivity index (χ3v) is 5.03. The molecule has 32 heavy (non-hydrogen) atoms. The fourth-order valence-electron chi connectivity index (χ4n) is 3.44. The minimum Gasteiger partial charge on any atom is -0.512 e. The number of carbonyl (C=O) groups is 1. The van der Waals surface area contributed by atoms with E-state index < -0.39 is 0 Å². The summed E-state index contributed by atoms with van der Waals surface area (Å²) in [6.45, 7) is 3.74. The number of pyridine rings is 1. The summed E-state index contributed by atoms with van der Waals surface area (Å²) in [5, 5.41) is 11.2. The number of allylic oxidation sites excluding steroid dienone is 2. The second-order valence-electron chi connectivity index (χ2n) is 7.78. The van der Waals surface area contributed by atoms with E-state index in [9.17, 15) is 4.79 Å². The Morgan fingerprint density at radius 3 is 2.34 bits per heavy atom. The molecule has 0 aliphatic carbocycles. The summed E-state index contributed by atoms with van der Waals surface area (Å²) in [6, 6.07) is 21.4. The first kappa shape index (κ1) is 27.7. The Hall–Kier alpha value is -2.29. The summed E-state index contributed by atoms with van der Waals surface area (Å²) in [5.74, 6) is 0.159. The van der Waals surface area contributed by atoms with Crippen molar-refractivity contribution in [2.45, 2.75) is 65.2 Å². The van der Waals surface area contributed by atoms with Crippen molar-refractivity contribution in [3.05, 3.63) is 78.7 Å². The molecule has 1 radical (unpaired) electrons. The van der Waals surface area contributed by atoms with Crippen molar-refractivity contribution >= 4 is 16.6 Å².